The molecule has 1 aromatic heterocycles. The van der Waals surface area contributed by atoms with Crippen molar-refractivity contribution in [3.05, 3.63) is 46.3 Å². The zero-order valence-corrected chi connectivity index (χ0v) is 16.0. The number of carbonyl (C=O) groups is 1. The van der Waals surface area contributed by atoms with Crippen LogP contribution in [0, 0.1) is 12.3 Å². The first-order chi connectivity index (χ1) is 11.3. The van der Waals surface area contributed by atoms with Crippen molar-refractivity contribution in [2.45, 2.75) is 27.3 Å². The molecule has 0 saturated heterocycles. The predicted octanol–water partition coefficient (Wildman–Crippen LogP) is 3.56. The van der Waals surface area contributed by atoms with Crippen LogP contribution in [0.25, 0.3) is 0 Å². The van der Waals surface area contributed by atoms with Crippen molar-refractivity contribution in [3.8, 4) is 0 Å². The molecule has 0 N–H and O–H groups in total. The van der Waals surface area contributed by atoms with Crippen LogP contribution >= 0.6 is 15.9 Å². The molecule has 1 aliphatic heterocycles. The highest BCUT2D eigenvalue weighted by Gasteiger charge is 2.38. The van der Waals surface area contributed by atoms with Crippen molar-refractivity contribution < 1.29 is 4.79 Å². The number of amides is 1. The Labute approximate surface area is 150 Å². The number of halogens is 1. The molecule has 0 unspecified atom stereocenters. The Morgan fingerprint density at radius 1 is 1.25 bits per heavy atom. The van der Waals surface area contributed by atoms with Gasteiger partial charge in [-0.25, -0.2) is 9.97 Å². The minimum atomic E-state index is -0.501. The van der Waals surface area contributed by atoms with Crippen LogP contribution in [0.3, 0.4) is 0 Å². The van der Waals surface area contributed by atoms with Crippen LogP contribution in [0.4, 0.5) is 11.5 Å². The van der Waals surface area contributed by atoms with Crippen molar-refractivity contribution in [3.63, 3.8) is 0 Å². The third kappa shape index (κ3) is 3.15. The van der Waals surface area contributed by atoms with Gasteiger partial charge in [-0.2, -0.15) is 0 Å². The van der Waals surface area contributed by atoms with E-state index in [1.54, 1.807) is 18.1 Å². The number of aryl methyl sites for hydroxylation is 1. The quantitative estimate of drug-likeness (QED) is 0.788. The van der Waals surface area contributed by atoms with Crippen molar-refractivity contribution >= 4 is 33.3 Å². The molecule has 0 aliphatic carbocycles. The lowest BCUT2D eigenvalue weighted by Gasteiger charge is -2.29. The zero-order chi connectivity index (χ0) is 17.5. The molecule has 6 heteroatoms. The highest BCUT2D eigenvalue weighted by molar-refractivity contribution is 9.10. The summed E-state index contributed by atoms with van der Waals surface area (Å²) in [5.74, 6) is 1.59. The second-order valence-corrected chi connectivity index (χ2v) is 7.77. The van der Waals surface area contributed by atoms with E-state index in [1.807, 2.05) is 32.9 Å². The minimum absolute atomic E-state index is 0.0782. The van der Waals surface area contributed by atoms with Gasteiger partial charge >= 0.3 is 0 Å². The molecular weight excluding hydrogens is 368 g/mol. The summed E-state index contributed by atoms with van der Waals surface area (Å²) in [6.45, 7) is 7.13. The molecule has 0 atom stereocenters. The number of carbonyl (C=O) groups excluding carboxylic acids is 1. The summed E-state index contributed by atoms with van der Waals surface area (Å²) < 4.78 is 1.05. The molecule has 0 saturated carbocycles. The van der Waals surface area contributed by atoms with Gasteiger partial charge in [0.25, 0.3) is 0 Å². The molecule has 0 radical (unpaired) electrons. The summed E-state index contributed by atoms with van der Waals surface area (Å²) in [7, 11) is 1.80. The van der Waals surface area contributed by atoms with E-state index < -0.39 is 5.41 Å². The summed E-state index contributed by atoms with van der Waals surface area (Å²) in [6.07, 6.45) is 1.74. The third-order valence-electron chi connectivity index (χ3n) is 4.29. The molecule has 3 rings (SSSR count). The summed E-state index contributed by atoms with van der Waals surface area (Å²) >= 11 is 3.47. The fourth-order valence-corrected chi connectivity index (χ4v) is 3.31. The maximum Gasteiger partial charge on any atom is 0.234 e. The summed E-state index contributed by atoms with van der Waals surface area (Å²) in [4.78, 5) is 25.6. The van der Waals surface area contributed by atoms with Gasteiger partial charge in [0, 0.05) is 24.6 Å². The first-order valence-electron chi connectivity index (χ1n) is 7.89. The number of rotatable bonds is 2. The van der Waals surface area contributed by atoms with Gasteiger partial charge in [-0.05, 0) is 38.5 Å². The van der Waals surface area contributed by atoms with Crippen LogP contribution in [-0.4, -0.2) is 29.5 Å². The Bertz CT molecular complexity index is 773. The Balaban J connectivity index is 2.06. The van der Waals surface area contributed by atoms with Crippen LogP contribution in [0.15, 0.2) is 34.9 Å². The van der Waals surface area contributed by atoms with Gasteiger partial charge in [-0.1, -0.05) is 28.1 Å². The average Bonchev–Trinajstić information content (AvgIpc) is 2.60. The van der Waals surface area contributed by atoms with Gasteiger partial charge in [-0.3, -0.25) is 4.79 Å². The second-order valence-electron chi connectivity index (χ2n) is 6.86. The lowest BCUT2D eigenvalue weighted by atomic mass is 9.91. The molecule has 2 heterocycles. The van der Waals surface area contributed by atoms with Crippen molar-refractivity contribution in [1.29, 1.82) is 0 Å². The van der Waals surface area contributed by atoms with Crippen molar-refractivity contribution in [1.82, 2.24) is 9.97 Å². The van der Waals surface area contributed by atoms with Crippen molar-refractivity contribution in [2.75, 3.05) is 23.4 Å². The Morgan fingerprint density at radius 3 is 2.58 bits per heavy atom. The summed E-state index contributed by atoms with van der Waals surface area (Å²) in [6, 6.07) is 8.23. The lowest BCUT2D eigenvalue weighted by Crippen LogP contribution is -2.42. The number of anilines is 2. The molecule has 0 spiro atoms. The van der Waals surface area contributed by atoms with Gasteiger partial charge in [0.2, 0.25) is 5.91 Å². The van der Waals surface area contributed by atoms with Gasteiger partial charge < -0.3 is 9.80 Å². The van der Waals surface area contributed by atoms with Crippen LogP contribution in [-0.2, 0) is 11.3 Å². The third-order valence-corrected chi connectivity index (χ3v) is 4.82. The molecule has 126 valence electrons. The molecule has 1 aliphatic rings. The largest absolute Gasteiger partial charge is 0.349 e. The number of fused-ring (bicyclic) bond motifs is 1. The molecule has 0 fully saturated rings. The van der Waals surface area contributed by atoms with Gasteiger partial charge in [0.1, 0.15) is 11.5 Å². The van der Waals surface area contributed by atoms with E-state index in [9.17, 15) is 4.79 Å². The number of hydrogen-bond acceptors (Lipinski definition) is 4. The van der Waals surface area contributed by atoms with Crippen LogP contribution < -0.4 is 9.80 Å². The zero-order valence-electron chi connectivity index (χ0n) is 14.4. The highest BCUT2D eigenvalue weighted by atomic mass is 79.9. The molecule has 24 heavy (non-hydrogen) atoms. The van der Waals surface area contributed by atoms with E-state index in [2.05, 4.69) is 42.9 Å². The van der Waals surface area contributed by atoms with Crippen LogP contribution in [0.5, 0.6) is 0 Å². The maximum atomic E-state index is 12.8. The van der Waals surface area contributed by atoms with Crippen LogP contribution in [0.2, 0.25) is 0 Å². The number of benzene rings is 1. The average molecular weight is 389 g/mol. The SMILES string of the molecule is Cc1ncc2c(n1)N(Cc1ccc(Br)cc1)CC(C)(C)C(=O)N2C. The lowest BCUT2D eigenvalue weighted by molar-refractivity contribution is -0.125. The summed E-state index contributed by atoms with van der Waals surface area (Å²) in [5, 5.41) is 0. The normalized spacial score (nSPS) is 16.8. The predicted molar refractivity (Wildman–Crippen MR) is 99.2 cm³/mol. The molecule has 2 aromatic rings. The first kappa shape index (κ1) is 16.9. The van der Waals surface area contributed by atoms with E-state index in [1.165, 1.54) is 5.56 Å². The van der Waals surface area contributed by atoms with Crippen molar-refractivity contribution in [2.24, 2.45) is 5.41 Å². The fourth-order valence-electron chi connectivity index (χ4n) is 3.05. The number of hydrogen-bond donors (Lipinski definition) is 0. The van der Waals surface area contributed by atoms with E-state index in [0.29, 0.717) is 18.9 Å². The van der Waals surface area contributed by atoms with E-state index in [-0.39, 0.29) is 5.91 Å². The Morgan fingerprint density at radius 2 is 1.92 bits per heavy atom. The Kier molecular flexibility index (Phi) is 4.34. The number of aromatic nitrogens is 2. The van der Waals surface area contributed by atoms with Gasteiger partial charge in [0.15, 0.2) is 5.82 Å². The van der Waals surface area contributed by atoms with Gasteiger partial charge in [-0.15, -0.1) is 0 Å². The Hall–Kier alpha value is -1.95. The molecule has 0 bridgehead atoms. The second kappa shape index (κ2) is 6.16. The topological polar surface area (TPSA) is 49.3 Å². The standard InChI is InChI=1S/C18H21BrN4O/c1-12-20-9-15-16(21-12)23(10-13-5-7-14(19)8-6-13)11-18(2,3)17(24)22(15)4/h5-9H,10-11H2,1-4H3. The monoisotopic (exact) mass is 388 g/mol. The molecular formula is C18H21BrN4O. The number of nitrogens with zero attached hydrogens (tertiary/aromatic N) is 4. The van der Waals surface area contributed by atoms with E-state index in [0.717, 1.165) is 16.0 Å². The maximum absolute atomic E-state index is 12.8. The first-order valence-corrected chi connectivity index (χ1v) is 8.68. The highest BCUT2D eigenvalue weighted by Crippen LogP contribution is 2.36. The smallest absolute Gasteiger partial charge is 0.234 e. The molecule has 1 amide bonds. The molecule has 1 aromatic carbocycles. The summed E-state index contributed by atoms with van der Waals surface area (Å²) in [5.41, 5.74) is 1.43. The van der Waals surface area contributed by atoms with E-state index in [4.69, 9.17) is 0 Å². The van der Waals surface area contributed by atoms with Gasteiger partial charge in [0.05, 0.1) is 11.6 Å². The minimum Gasteiger partial charge on any atom is -0.349 e. The molecule has 5 nitrogen and oxygen atoms in total. The fraction of sp³-hybridized carbons (Fsp3) is 0.389. The van der Waals surface area contributed by atoms with E-state index >= 15 is 0 Å². The van der Waals surface area contributed by atoms with Crippen LogP contribution in [0.1, 0.15) is 25.2 Å².